The van der Waals surface area contributed by atoms with Crippen molar-refractivity contribution in [3.8, 4) is 11.8 Å². The van der Waals surface area contributed by atoms with Gasteiger partial charge in [-0.05, 0) is 72.2 Å². The van der Waals surface area contributed by atoms with Gasteiger partial charge in [0.05, 0.1) is 15.4 Å². The summed E-state index contributed by atoms with van der Waals surface area (Å²) in [4.78, 5) is 14.2. The second kappa shape index (κ2) is 11.1. The highest BCUT2D eigenvalue weighted by molar-refractivity contribution is 7.17. The number of carbonyl (C=O) groups excluding carboxylic acids is 1. The van der Waals surface area contributed by atoms with Crippen molar-refractivity contribution >= 4 is 33.7 Å². The predicted molar refractivity (Wildman–Crippen MR) is 142 cm³/mol. The Morgan fingerprint density at radius 2 is 1.67 bits per heavy atom. The number of thiophene rings is 1. The van der Waals surface area contributed by atoms with Crippen LogP contribution in [0, 0.1) is 17.3 Å². The van der Waals surface area contributed by atoms with Crippen LogP contribution in [0.25, 0.3) is 0 Å². The molecule has 1 aromatic heterocycles. The van der Waals surface area contributed by atoms with E-state index < -0.39 is 0 Å². The van der Waals surface area contributed by atoms with Gasteiger partial charge in [-0.25, -0.2) is 0 Å². The monoisotopic (exact) mass is 477 g/mol. The Hall–Kier alpha value is -2.54. The summed E-state index contributed by atoms with van der Waals surface area (Å²) < 4.78 is 0. The van der Waals surface area contributed by atoms with Gasteiger partial charge in [0.1, 0.15) is 0 Å². The molecular weight excluding hydrogens is 446 g/mol. The Balaban J connectivity index is 1.94. The summed E-state index contributed by atoms with van der Waals surface area (Å²) in [5.41, 5.74) is 10.8. The summed E-state index contributed by atoms with van der Waals surface area (Å²) in [5.74, 6) is 6.52. The van der Waals surface area contributed by atoms with Crippen LogP contribution in [0.1, 0.15) is 84.4 Å². The smallest absolute Gasteiger partial charge is 0.196 e. The first-order valence-corrected chi connectivity index (χ1v) is 12.7. The fourth-order valence-electron chi connectivity index (χ4n) is 3.74. The SMILES string of the molecule is CCCCCc1ccc(C#Cc2sc(N)c(C(=O)c3ccc(Cl)cc3)c2CC(C)(C)C)cc1. The quantitative estimate of drug-likeness (QED) is 0.213. The summed E-state index contributed by atoms with van der Waals surface area (Å²) in [7, 11) is 0. The highest BCUT2D eigenvalue weighted by atomic mass is 35.5. The molecule has 0 atom stereocenters. The first-order chi connectivity index (χ1) is 15.7. The van der Waals surface area contributed by atoms with Gasteiger partial charge in [0.15, 0.2) is 5.78 Å². The molecule has 0 bridgehead atoms. The van der Waals surface area contributed by atoms with E-state index in [0.29, 0.717) is 21.2 Å². The fraction of sp³-hybridized carbons (Fsp3) is 0.345. The van der Waals surface area contributed by atoms with Crippen LogP contribution in [-0.4, -0.2) is 5.78 Å². The van der Waals surface area contributed by atoms with E-state index in [0.717, 1.165) is 28.8 Å². The second-order valence-corrected chi connectivity index (χ2v) is 11.1. The minimum atomic E-state index is -0.0795. The van der Waals surface area contributed by atoms with Crippen molar-refractivity contribution in [2.45, 2.75) is 59.8 Å². The third-order valence-corrected chi connectivity index (χ3v) is 6.65. The highest BCUT2D eigenvalue weighted by Gasteiger charge is 2.26. The number of hydrogen-bond acceptors (Lipinski definition) is 3. The summed E-state index contributed by atoms with van der Waals surface area (Å²) >= 11 is 7.41. The van der Waals surface area contributed by atoms with Crippen molar-refractivity contribution in [1.82, 2.24) is 0 Å². The minimum absolute atomic E-state index is 0.0148. The van der Waals surface area contributed by atoms with Gasteiger partial charge >= 0.3 is 0 Å². The maximum Gasteiger partial charge on any atom is 0.196 e. The van der Waals surface area contributed by atoms with Crippen LogP contribution in [0.3, 0.4) is 0 Å². The van der Waals surface area contributed by atoms with E-state index in [4.69, 9.17) is 17.3 Å². The molecule has 0 unspecified atom stereocenters. The molecule has 0 fully saturated rings. The molecule has 2 nitrogen and oxygen atoms in total. The topological polar surface area (TPSA) is 43.1 Å². The van der Waals surface area contributed by atoms with Crippen LogP contribution in [0.2, 0.25) is 5.02 Å². The lowest BCUT2D eigenvalue weighted by atomic mass is 9.85. The van der Waals surface area contributed by atoms with E-state index >= 15 is 0 Å². The summed E-state index contributed by atoms with van der Waals surface area (Å²) in [6.45, 7) is 8.70. The number of rotatable bonds is 7. The van der Waals surface area contributed by atoms with Gasteiger partial charge in [-0.3, -0.25) is 4.79 Å². The van der Waals surface area contributed by atoms with E-state index in [1.165, 1.54) is 36.2 Å². The number of anilines is 1. The van der Waals surface area contributed by atoms with Crippen molar-refractivity contribution in [2.75, 3.05) is 5.73 Å². The van der Waals surface area contributed by atoms with Gasteiger partial charge in [-0.2, -0.15) is 0 Å². The van der Waals surface area contributed by atoms with E-state index in [9.17, 15) is 4.79 Å². The van der Waals surface area contributed by atoms with Crippen LogP contribution in [0.5, 0.6) is 0 Å². The Morgan fingerprint density at radius 1 is 1.00 bits per heavy atom. The Bertz CT molecular complexity index is 1160. The standard InChI is InChI=1S/C29H32ClNOS/c1-5-6-7-8-20-9-11-21(12-10-20)13-18-25-24(19-29(2,3)4)26(28(31)33-25)27(32)22-14-16-23(30)17-15-22/h9-12,14-17H,5-8,19,31H2,1-4H3. The number of benzene rings is 2. The first-order valence-electron chi connectivity index (χ1n) is 11.5. The van der Waals surface area contributed by atoms with Crippen LogP contribution in [-0.2, 0) is 12.8 Å². The second-order valence-electron chi connectivity index (χ2n) is 9.63. The summed E-state index contributed by atoms with van der Waals surface area (Å²) in [6, 6.07) is 15.4. The van der Waals surface area contributed by atoms with Crippen LogP contribution < -0.4 is 5.73 Å². The molecule has 2 aromatic carbocycles. The molecule has 3 aromatic rings. The fourth-order valence-corrected chi connectivity index (χ4v) is 4.81. The van der Waals surface area contributed by atoms with Gasteiger partial charge in [0.2, 0.25) is 0 Å². The van der Waals surface area contributed by atoms with E-state index in [1.54, 1.807) is 24.3 Å². The molecule has 2 N–H and O–H groups in total. The largest absolute Gasteiger partial charge is 0.390 e. The Morgan fingerprint density at radius 3 is 2.27 bits per heavy atom. The zero-order valence-corrected chi connectivity index (χ0v) is 21.5. The van der Waals surface area contributed by atoms with E-state index in [1.807, 2.05) is 0 Å². The molecule has 1 heterocycles. The molecular formula is C29H32ClNOS. The molecule has 33 heavy (non-hydrogen) atoms. The predicted octanol–water partition coefficient (Wildman–Crippen LogP) is 7.94. The molecule has 0 saturated heterocycles. The van der Waals surface area contributed by atoms with Gasteiger partial charge in [0.25, 0.3) is 0 Å². The van der Waals surface area contributed by atoms with Crippen molar-refractivity contribution in [1.29, 1.82) is 0 Å². The van der Waals surface area contributed by atoms with Gasteiger partial charge < -0.3 is 5.73 Å². The molecule has 0 radical (unpaired) electrons. The summed E-state index contributed by atoms with van der Waals surface area (Å²) in [5, 5.41) is 1.12. The molecule has 3 rings (SSSR count). The molecule has 0 aliphatic heterocycles. The zero-order valence-electron chi connectivity index (χ0n) is 19.9. The minimum Gasteiger partial charge on any atom is -0.390 e. The molecule has 0 aliphatic carbocycles. The lowest BCUT2D eigenvalue weighted by Gasteiger charge is -2.19. The lowest BCUT2D eigenvalue weighted by molar-refractivity contribution is 0.103. The number of unbranched alkanes of at least 4 members (excludes halogenated alkanes) is 2. The zero-order chi connectivity index (χ0) is 24.0. The van der Waals surface area contributed by atoms with Crippen LogP contribution >= 0.6 is 22.9 Å². The maximum absolute atomic E-state index is 13.4. The molecule has 4 heteroatoms. The van der Waals surface area contributed by atoms with Crippen molar-refractivity contribution in [3.05, 3.63) is 86.2 Å². The highest BCUT2D eigenvalue weighted by Crippen LogP contribution is 2.36. The third kappa shape index (κ3) is 6.97. The molecule has 172 valence electrons. The summed E-state index contributed by atoms with van der Waals surface area (Å²) in [6.07, 6.45) is 5.53. The lowest BCUT2D eigenvalue weighted by Crippen LogP contribution is -2.14. The number of carbonyl (C=O) groups is 1. The molecule has 0 saturated carbocycles. The number of nitrogens with two attached hydrogens (primary N) is 1. The maximum atomic E-state index is 13.4. The van der Waals surface area contributed by atoms with E-state index in [2.05, 4.69) is 63.8 Å². The normalized spacial score (nSPS) is 11.2. The van der Waals surface area contributed by atoms with Crippen LogP contribution in [0.15, 0.2) is 48.5 Å². The molecule has 0 spiro atoms. The number of ketones is 1. The van der Waals surface area contributed by atoms with Crippen molar-refractivity contribution in [2.24, 2.45) is 5.41 Å². The average molecular weight is 478 g/mol. The first kappa shape index (κ1) is 25.1. The van der Waals surface area contributed by atoms with E-state index in [-0.39, 0.29) is 11.2 Å². The van der Waals surface area contributed by atoms with Gasteiger partial charge in [-0.1, -0.05) is 76.1 Å². The van der Waals surface area contributed by atoms with Crippen molar-refractivity contribution < 1.29 is 4.79 Å². The average Bonchev–Trinajstić information content (AvgIpc) is 3.06. The van der Waals surface area contributed by atoms with Gasteiger partial charge in [0, 0.05) is 16.1 Å². The number of halogens is 1. The van der Waals surface area contributed by atoms with Crippen LogP contribution in [0.4, 0.5) is 5.00 Å². The Labute approximate surface area is 207 Å². The van der Waals surface area contributed by atoms with Gasteiger partial charge in [-0.15, -0.1) is 11.3 Å². The number of nitrogen functional groups attached to an aromatic ring is 1. The number of hydrogen-bond donors (Lipinski definition) is 1. The molecule has 0 aliphatic rings. The third-order valence-electron chi connectivity index (χ3n) is 5.42. The Kier molecular flexibility index (Phi) is 8.40. The molecule has 0 amide bonds. The van der Waals surface area contributed by atoms with Crippen molar-refractivity contribution in [3.63, 3.8) is 0 Å². The number of aryl methyl sites for hydroxylation is 1.